The molecule has 13 heavy (non-hydrogen) atoms. The summed E-state index contributed by atoms with van der Waals surface area (Å²) >= 11 is 7.40. The maximum absolute atomic E-state index is 9.20. The Bertz CT molecular complexity index is 288. The first-order valence-electron chi connectivity index (χ1n) is 4.17. The molecular weight excluding hydrogens is 208 g/mol. The molecule has 72 valence electrons. The van der Waals surface area contributed by atoms with Gasteiger partial charge >= 0.3 is 0 Å². The molecule has 0 saturated carbocycles. The Morgan fingerprint density at radius 2 is 2.31 bits per heavy atom. The van der Waals surface area contributed by atoms with E-state index in [0.29, 0.717) is 13.2 Å². The van der Waals surface area contributed by atoms with E-state index in [4.69, 9.17) is 16.3 Å². The summed E-state index contributed by atoms with van der Waals surface area (Å²) < 4.78 is 5.93. The van der Waals surface area contributed by atoms with Gasteiger partial charge in [-0.2, -0.15) is 0 Å². The van der Waals surface area contributed by atoms with E-state index in [9.17, 15) is 5.11 Å². The van der Waals surface area contributed by atoms with Crippen molar-refractivity contribution < 1.29 is 9.84 Å². The molecule has 0 aromatic carbocycles. The highest BCUT2D eigenvalue weighted by molar-refractivity contribution is 7.16. The van der Waals surface area contributed by atoms with E-state index >= 15 is 0 Å². The minimum atomic E-state index is -0.0335. The second kappa shape index (κ2) is 3.58. The van der Waals surface area contributed by atoms with Crippen LogP contribution in [0.15, 0.2) is 12.1 Å². The molecule has 2 heterocycles. The van der Waals surface area contributed by atoms with Crippen LogP contribution in [0.3, 0.4) is 0 Å². The summed E-state index contributed by atoms with van der Waals surface area (Å²) in [7, 11) is 0. The van der Waals surface area contributed by atoms with E-state index in [2.05, 4.69) is 0 Å². The van der Waals surface area contributed by atoms with E-state index in [-0.39, 0.29) is 12.0 Å². The number of thiophene rings is 1. The highest BCUT2D eigenvalue weighted by Crippen LogP contribution is 2.34. The molecule has 1 aliphatic heterocycles. The molecule has 1 N–H and O–H groups in total. The first-order valence-corrected chi connectivity index (χ1v) is 5.36. The van der Waals surface area contributed by atoms with Crippen LogP contribution in [0, 0.1) is 5.41 Å². The van der Waals surface area contributed by atoms with Crippen molar-refractivity contribution in [2.45, 2.75) is 6.42 Å². The molecule has 0 unspecified atom stereocenters. The fraction of sp³-hybridized carbons (Fsp3) is 0.556. The molecule has 1 aromatic rings. The lowest BCUT2D eigenvalue weighted by molar-refractivity contribution is -0.135. The Morgan fingerprint density at radius 3 is 2.69 bits per heavy atom. The third-order valence-corrected chi connectivity index (χ3v) is 3.56. The van der Waals surface area contributed by atoms with Crippen LogP contribution in [0.1, 0.15) is 4.88 Å². The van der Waals surface area contributed by atoms with Crippen LogP contribution in [-0.4, -0.2) is 24.9 Å². The van der Waals surface area contributed by atoms with Gasteiger partial charge in [-0.1, -0.05) is 11.6 Å². The number of hydrogen-bond acceptors (Lipinski definition) is 3. The molecule has 0 amide bonds. The van der Waals surface area contributed by atoms with Crippen LogP contribution in [0.5, 0.6) is 0 Å². The number of ether oxygens (including phenoxy) is 1. The number of aliphatic hydroxyl groups is 1. The van der Waals surface area contributed by atoms with Gasteiger partial charge < -0.3 is 9.84 Å². The molecule has 1 aromatic heterocycles. The zero-order valence-electron chi connectivity index (χ0n) is 7.12. The van der Waals surface area contributed by atoms with Crippen LogP contribution in [0.4, 0.5) is 0 Å². The quantitative estimate of drug-likeness (QED) is 0.841. The summed E-state index contributed by atoms with van der Waals surface area (Å²) in [5, 5.41) is 9.20. The van der Waals surface area contributed by atoms with E-state index in [1.54, 1.807) is 11.3 Å². The van der Waals surface area contributed by atoms with Crippen LogP contribution in [-0.2, 0) is 11.2 Å². The van der Waals surface area contributed by atoms with E-state index in [1.165, 1.54) is 4.88 Å². The number of halogens is 1. The molecule has 4 heteroatoms. The van der Waals surface area contributed by atoms with Crippen molar-refractivity contribution in [3.05, 3.63) is 21.3 Å². The Balaban J connectivity index is 2.04. The van der Waals surface area contributed by atoms with Gasteiger partial charge in [-0.3, -0.25) is 0 Å². The molecule has 1 fully saturated rings. The fourth-order valence-electron chi connectivity index (χ4n) is 1.46. The minimum Gasteiger partial charge on any atom is -0.396 e. The summed E-state index contributed by atoms with van der Waals surface area (Å²) in [5.74, 6) is 0. The molecule has 0 spiro atoms. The lowest BCUT2D eigenvalue weighted by atomic mass is 9.83. The summed E-state index contributed by atoms with van der Waals surface area (Å²) in [6.07, 6.45) is 0.876. The standard InChI is InChI=1S/C9H11ClO2S/c10-8-2-1-7(13-8)3-9(4-11)5-12-6-9/h1-2,11H,3-6H2. The zero-order valence-corrected chi connectivity index (χ0v) is 8.70. The lowest BCUT2D eigenvalue weighted by Crippen LogP contribution is -2.47. The lowest BCUT2D eigenvalue weighted by Gasteiger charge is -2.39. The number of aliphatic hydroxyl groups excluding tert-OH is 1. The van der Waals surface area contributed by atoms with Crippen LogP contribution >= 0.6 is 22.9 Å². The topological polar surface area (TPSA) is 29.5 Å². The molecule has 2 rings (SSSR count). The SMILES string of the molecule is OCC1(Cc2ccc(Cl)s2)COC1. The Morgan fingerprint density at radius 1 is 1.54 bits per heavy atom. The summed E-state index contributed by atoms with van der Waals surface area (Å²) in [5.41, 5.74) is -0.0335. The van der Waals surface area contributed by atoms with Crippen LogP contribution in [0.2, 0.25) is 4.34 Å². The van der Waals surface area contributed by atoms with Crippen LogP contribution in [0.25, 0.3) is 0 Å². The average molecular weight is 219 g/mol. The van der Waals surface area contributed by atoms with Crippen molar-refractivity contribution in [3.8, 4) is 0 Å². The highest BCUT2D eigenvalue weighted by atomic mass is 35.5. The average Bonchev–Trinajstić information content (AvgIpc) is 2.44. The van der Waals surface area contributed by atoms with Gasteiger partial charge in [0.2, 0.25) is 0 Å². The van der Waals surface area contributed by atoms with Gasteiger partial charge in [0.1, 0.15) is 0 Å². The predicted molar refractivity (Wildman–Crippen MR) is 53.4 cm³/mol. The monoisotopic (exact) mass is 218 g/mol. The fourth-order valence-corrected chi connectivity index (χ4v) is 2.72. The summed E-state index contributed by atoms with van der Waals surface area (Å²) in [6, 6.07) is 3.91. The zero-order chi connectivity index (χ0) is 9.31. The number of rotatable bonds is 3. The van der Waals surface area contributed by atoms with Crippen molar-refractivity contribution in [1.82, 2.24) is 0 Å². The molecule has 2 nitrogen and oxygen atoms in total. The normalized spacial score (nSPS) is 19.8. The Kier molecular flexibility index (Phi) is 2.60. The Hall–Kier alpha value is -0.0900. The smallest absolute Gasteiger partial charge is 0.0931 e. The highest BCUT2D eigenvalue weighted by Gasteiger charge is 2.38. The second-order valence-corrected chi connectivity index (χ2v) is 5.33. The third kappa shape index (κ3) is 1.89. The van der Waals surface area contributed by atoms with Gasteiger partial charge in [0.25, 0.3) is 0 Å². The molecule has 1 saturated heterocycles. The maximum Gasteiger partial charge on any atom is 0.0931 e. The van der Waals surface area contributed by atoms with Crippen molar-refractivity contribution >= 4 is 22.9 Å². The molecule has 0 radical (unpaired) electrons. The predicted octanol–water partition coefficient (Wildman–Crippen LogP) is 1.95. The van der Waals surface area contributed by atoms with E-state index in [0.717, 1.165) is 10.8 Å². The molecule has 0 atom stereocenters. The van der Waals surface area contributed by atoms with Crippen molar-refractivity contribution in [2.75, 3.05) is 19.8 Å². The second-order valence-electron chi connectivity index (χ2n) is 3.53. The van der Waals surface area contributed by atoms with Crippen molar-refractivity contribution in [2.24, 2.45) is 5.41 Å². The minimum absolute atomic E-state index is 0.0335. The maximum atomic E-state index is 9.20. The van der Waals surface area contributed by atoms with Crippen molar-refractivity contribution in [1.29, 1.82) is 0 Å². The molecule has 0 bridgehead atoms. The van der Waals surface area contributed by atoms with Gasteiger partial charge in [-0.05, 0) is 18.6 Å². The largest absolute Gasteiger partial charge is 0.396 e. The summed E-state index contributed by atoms with van der Waals surface area (Å²) in [4.78, 5) is 1.22. The van der Waals surface area contributed by atoms with Gasteiger partial charge in [0.05, 0.1) is 24.2 Å². The van der Waals surface area contributed by atoms with Gasteiger partial charge in [0, 0.05) is 10.3 Å². The molecule has 1 aliphatic rings. The van der Waals surface area contributed by atoms with Crippen molar-refractivity contribution in [3.63, 3.8) is 0 Å². The van der Waals surface area contributed by atoms with Gasteiger partial charge in [0.15, 0.2) is 0 Å². The van der Waals surface area contributed by atoms with Crippen LogP contribution < -0.4 is 0 Å². The first kappa shape index (κ1) is 9.46. The number of hydrogen-bond donors (Lipinski definition) is 1. The van der Waals surface area contributed by atoms with Gasteiger partial charge in [-0.15, -0.1) is 11.3 Å². The van der Waals surface area contributed by atoms with E-state index in [1.807, 2.05) is 12.1 Å². The third-order valence-electron chi connectivity index (χ3n) is 2.33. The Labute approximate surface area is 86.1 Å². The molecule has 0 aliphatic carbocycles. The van der Waals surface area contributed by atoms with E-state index < -0.39 is 0 Å². The first-order chi connectivity index (χ1) is 6.24. The molecular formula is C9H11ClO2S. The van der Waals surface area contributed by atoms with Gasteiger partial charge in [-0.25, -0.2) is 0 Å². The summed E-state index contributed by atoms with van der Waals surface area (Å²) in [6.45, 7) is 1.53.